The quantitative estimate of drug-likeness (QED) is 0.429. The van der Waals surface area contributed by atoms with Crippen molar-refractivity contribution in [2.24, 2.45) is 11.7 Å². The van der Waals surface area contributed by atoms with Crippen molar-refractivity contribution in [3.63, 3.8) is 0 Å². The van der Waals surface area contributed by atoms with E-state index in [1.807, 2.05) is 6.92 Å². The molecule has 0 amide bonds. The third-order valence-corrected chi connectivity index (χ3v) is 2.28. The van der Waals surface area contributed by atoms with E-state index in [4.69, 9.17) is 5.73 Å². The van der Waals surface area contributed by atoms with Crippen molar-refractivity contribution in [3.8, 4) is 0 Å². The Labute approximate surface area is 60.9 Å². The highest BCUT2D eigenvalue weighted by Crippen LogP contribution is 2.23. The molecule has 4 N–H and O–H groups in total. The summed E-state index contributed by atoms with van der Waals surface area (Å²) in [6.45, 7) is 1.95. The number of nitrogens with two attached hydrogens (primary N) is 1. The van der Waals surface area contributed by atoms with Crippen LogP contribution in [0.3, 0.4) is 0 Å². The van der Waals surface area contributed by atoms with E-state index >= 15 is 0 Å². The van der Waals surface area contributed by atoms with Gasteiger partial charge in [0.05, 0.1) is 12.2 Å². The van der Waals surface area contributed by atoms with Gasteiger partial charge in [-0.3, -0.25) is 0 Å². The highest BCUT2D eigenvalue weighted by atomic mass is 16.3. The van der Waals surface area contributed by atoms with E-state index in [0.29, 0.717) is 6.42 Å². The molecule has 60 valence electrons. The summed E-state index contributed by atoms with van der Waals surface area (Å²) in [6, 6.07) is -0.140. The molecule has 0 aromatic rings. The molecule has 0 spiro atoms. The van der Waals surface area contributed by atoms with Gasteiger partial charge in [0.25, 0.3) is 0 Å². The van der Waals surface area contributed by atoms with Gasteiger partial charge in [-0.15, -0.1) is 0 Å². The second kappa shape index (κ2) is 2.86. The second-order valence-corrected chi connectivity index (χ2v) is 3.25. The maximum absolute atomic E-state index is 9.25. The number of hydrogen-bond donors (Lipinski definition) is 3. The lowest BCUT2D eigenvalue weighted by molar-refractivity contribution is -0.00490. The molecule has 3 heteroatoms. The van der Waals surface area contributed by atoms with Crippen LogP contribution in [0.5, 0.6) is 0 Å². The topological polar surface area (TPSA) is 66.5 Å². The minimum absolute atomic E-state index is 0.140. The van der Waals surface area contributed by atoms with Crippen LogP contribution in [0.15, 0.2) is 0 Å². The second-order valence-electron chi connectivity index (χ2n) is 3.25. The monoisotopic (exact) mass is 145 g/mol. The zero-order valence-corrected chi connectivity index (χ0v) is 6.20. The Balaban J connectivity index is 2.46. The van der Waals surface area contributed by atoms with Crippen LogP contribution in [0.4, 0.5) is 0 Å². The Morgan fingerprint density at radius 1 is 1.20 bits per heavy atom. The predicted molar refractivity (Wildman–Crippen MR) is 38.4 cm³/mol. The van der Waals surface area contributed by atoms with Gasteiger partial charge in [0, 0.05) is 12.5 Å². The van der Waals surface area contributed by atoms with Crippen LogP contribution in [0.25, 0.3) is 0 Å². The Bertz CT molecular complexity index is 92.2. The lowest BCUT2D eigenvalue weighted by atomic mass is 9.83. The van der Waals surface area contributed by atoms with Crippen molar-refractivity contribution in [3.05, 3.63) is 0 Å². The third kappa shape index (κ3) is 1.48. The van der Waals surface area contributed by atoms with Crippen LogP contribution < -0.4 is 5.73 Å². The third-order valence-electron chi connectivity index (χ3n) is 2.28. The van der Waals surface area contributed by atoms with Crippen molar-refractivity contribution in [1.82, 2.24) is 0 Å². The van der Waals surface area contributed by atoms with E-state index in [9.17, 15) is 10.2 Å². The molecule has 3 nitrogen and oxygen atoms in total. The number of aliphatic hydroxyl groups is 2. The molecule has 0 radical (unpaired) electrons. The average Bonchev–Trinajstić information content (AvgIpc) is 1.84. The average molecular weight is 145 g/mol. The smallest absolute Gasteiger partial charge is 0.0715 e. The Morgan fingerprint density at radius 3 is 2.30 bits per heavy atom. The van der Waals surface area contributed by atoms with Crippen LogP contribution in [0.2, 0.25) is 0 Å². The fourth-order valence-electron chi connectivity index (χ4n) is 1.40. The minimum atomic E-state index is -0.508. The fourth-order valence-corrected chi connectivity index (χ4v) is 1.40. The molecular weight excluding hydrogens is 130 g/mol. The summed E-state index contributed by atoms with van der Waals surface area (Å²) in [4.78, 5) is 0. The van der Waals surface area contributed by atoms with Gasteiger partial charge in [0.1, 0.15) is 0 Å². The number of aliphatic hydroxyl groups excluding tert-OH is 2. The van der Waals surface area contributed by atoms with Crippen molar-refractivity contribution in [2.45, 2.75) is 38.0 Å². The zero-order valence-electron chi connectivity index (χ0n) is 6.20. The molecule has 0 saturated heterocycles. The van der Waals surface area contributed by atoms with E-state index in [0.717, 1.165) is 6.42 Å². The van der Waals surface area contributed by atoms with Gasteiger partial charge in [-0.1, -0.05) is 6.92 Å². The van der Waals surface area contributed by atoms with E-state index < -0.39 is 6.10 Å². The molecule has 0 heterocycles. The maximum Gasteiger partial charge on any atom is 0.0715 e. The SMILES string of the molecule is C[C@H]1C[C@@H](N)[C@H](O)C[C@@H]1O. The Morgan fingerprint density at radius 2 is 1.80 bits per heavy atom. The van der Waals surface area contributed by atoms with Crippen molar-refractivity contribution in [2.75, 3.05) is 0 Å². The molecule has 10 heavy (non-hydrogen) atoms. The highest BCUT2D eigenvalue weighted by molar-refractivity contribution is 4.85. The van der Waals surface area contributed by atoms with Crippen molar-refractivity contribution in [1.29, 1.82) is 0 Å². The first-order valence-corrected chi connectivity index (χ1v) is 3.73. The van der Waals surface area contributed by atoms with Gasteiger partial charge < -0.3 is 15.9 Å². The van der Waals surface area contributed by atoms with E-state index in [-0.39, 0.29) is 18.1 Å². The molecule has 0 bridgehead atoms. The molecule has 1 saturated carbocycles. The van der Waals surface area contributed by atoms with Gasteiger partial charge in [0.2, 0.25) is 0 Å². The van der Waals surface area contributed by atoms with Crippen LogP contribution in [0, 0.1) is 5.92 Å². The minimum Gasteiger partial charge on any atom is -0.393 e. The summed E-state index contributed by atoms with van der Waals surface area (Å²) in [7, 11) is 0. The molecule has 1 fully saturated rings. The first kappa shape index (κ1) is 7.98. The summed E-state index contributed by atoms with van der Waals surface area (Å²) in [5.74, 6) is 0.235. The van der Waals surface area contributed by atoms with Gasteiger partial charge >= 0.3 is 0 Å². The predicted octanol–water partition coefficient (Wildman–Crippen LogP) is -0.535. The summed E-state index contributed by atoms with van der Waals surface area (Å²) in [5.41, 5.74) is 5.57. The Hall–Kier alpha value is -0.120. The van der Waals surface area contributed by atoms with Crippen LogP contribution in [-0.2, 0) is 0 Å². The molecule has 1 aliphatic rings. The van der Waals surface area contributed by atoms with Gasteiger partial charge in [-0.25, -0.2) is 0 Å². The lowest BCUT2D eigenvalue weighted by Crippen LogP contribution is -2.45. The van der Waals surface area contributed by atoms with E-state index in [2.05, 4.69) is 0 Å². The lowest BCUT2D eigenvalue weighted by Gasteiger charge is -2.32. The first-order valence-electron chi connectivity index (χ1n) is 3.73. The highest BCUT2D eigenvalue weighted by Gasteiger charge is 2.30. The van der Waals surface area contributed by atoms with Gasteiger partial charge in [-0.2, -0.15) is 0 Å². The number of hydrogen-bond acceptors (Lipinski definition) is 3. The largest absolute Gasteiger partial charge is 0.393 e. The molecule has 0 aromatic carbocycles. The summed E-state index contributed by atoms with van der Waals surface area (Å²) in [6.07, 6.45) is 0.283. The van der Waals surface area contributed by atoms with Crippen molar-refractivity contribution >= 4 is 0 Å². The normalized spacial score (nSPS) is 49.2. The molecule has 0 unspecified atom stereocenters. The molecule has 0 aromatic heterocycles. The molecule has 1 aliphatic carbocycles. The molecular formula is C7H15NO2. The molecule has 1 rings (SSSR count). The van der Waals surface area contributed by atoms with Crippen molar-refractivity contribution < 1.29 is 10.2 Å². The first-order chi connectivity index (χ1) is 4.61. The van der Waals surface area contributed by atoms with E-state index in [1.165, 1.54) is 0 Å². The standard InChI is InChI=1S/C7H15NO2/c1-4-2-5(8)7(10)3-6(4)9/h4-7,9-10H,2-3,8H2,1H3/t4-,5+,6-,7+/m0/s1. The van der Waals surface area contributed by atoms with E-state index in [1.54, 1.807) is 0 Å². The maximum atomic E-state index is 9.25. The zero-order chi connectivity index (χ0) is 7.72. The summed E-state index contributed by atoms with van der Waals surface area (Å²) >= 11 is 0. The molecule has 4 atom stereocenters. The number of rotatable bonds is 0. The Kier molecular flexibility index (Phi) is 2.28. The molecule has 0 aliphatic heterocycles. The van der Waals surface area contributed by atoms with Crippen LogP contribution in [-0.4, -0.2) is 28.5 Å². The summed E-state index contributed by atoms with van der Waals surface area (Å²) in [5, 5.41) is 18.4. The van der Waals surface area contributed by atoms with Crippen LogP contribution >= 0.6 is 0 Å². The fraction of sp³-hybridized carbons (Fsp3) is 1.00. The van der Waals surface area contributed by atoms with Gasteiger partial charge in [0.15, 0.2) is 0 Å². The summed E-state index contributed by atoms with van der Waals surface area (Å²) < 4.78 is 0. The van der Waals surface area contributed by atoms with Gasteiger partial charge in [-0.05, 0) is 12.3 Å². The van der Waals surface area contributed by atoms with Crippen LogP contribution in [0.1, 0.15) is 19.8 Å².